The van der Waals surface area contributed by atoms with Crippen LogP contribution in [-0.4, -0.2) is 33.7 Å². The lowest BCUT2D eigenvalue weighted by atomic mass is 9.78. The van der Waals surface area contributed by atoms with Crippen molar-refractivity contribution in [1.82, 2.24) is 0 Å². The second kappa shape index (κ2) is 11.1. The van der Waals surface area contributed by atoms with Crippen LogP contribution in [0.1, 0.15) is 49.3 Å². The van der Waals surface area contributed by atoms with Crippen molar-refractivity contribution in [3.63, 3.8) is 0 Å². The molecule has 0 aromatic heterocycles. The molecule has 0 fully saturated rings. The minimum absolute atomic E-state index is 0.0433. The molecule has 0 amide bonds. The van der Waals surface area contributed by atoms with E-state index in [4.69, 9.17) is 18.9 Å². The molecule has 0 radical (unpaired) electrons. The highest BCUT2D eigenvalue weighted by Crippen LogP contribution is 2.47. The van der Waals surface area contributed by atoms with Crippen molar-refractivity contribution in [2.24, 2.45) is 0 Å². The van der Waals surface area contributed by atoms with E-state index in [1.807, 2.05) is 60.7 Å². The predicted molar refractivity (Wildman–Crippen MR) is 149 cm³/mol. The first-order chi connectivity index (χ1) is 18.6. The Bertz CT molecular complexity index is 1320. The number of nitrogens with one attached hydrogen (secondary N) is 2. The minimum Gasteiger partial charge on any atom is -0.494 e. The van der Waals surface area contributed by atoms with Crippen molar-refractivity contribution in [2.45, 2.75) is 38.1 Å². The lowest BCUT2D eigenvalue weighted by molar-refractivity contribution is -0.116. The summed E-state index contributed by atoms with van der Waals surface area (Å²) in [6.45, 7) is 2.76. The van der Waals surface area contributed by atoms with Gasteiger partial charge in [-0.2, -0.15) is 0 Å². The molecule has 2 aliphatic rings. The van der Waals surface area contributed by atoms with Crippen LogP contribution in [0, 0.1) is 0 Å². The van der Waals surface area contributed by atoms with Gasteiger partial charge in [0.15, 0.2) is 17.3 Å². The van der Waals surface area contributed by atoms with E-state index in [0.717, 1.165) is 45.9 Å². The minimum atomic E-state index is -0.283. The molecule has 7 nitrogen and oxygen atoms in total. The maximum atomic E-state index is 13.9. The predicted octanol–water partition coefficient (Wildman–Crippen LogP) is 6.48. The number of benzene rings is 3. The van der Waals surface area contributed by atoms with Crippen molar-refractivity contribution in [3.8, 4) is 23.0 Å². The second-order valence-corrected chi connectivity index (χ2v) is 9.54. The number of methoxy groups -OCH3 is 3. The summed E-state index contributed by atoms with van der Waals surface area (Å²) in [5.74, 6) is 2.59. The third-order valence-electron chi connectivity index (χ3n) is 7.15. The lowest BCUT2D eigenvalue weighted by Crippen LogP contribution is -2.27. The van der Waals surface area contributed by atoms with Crippen LogP contribution in [0.3, 0.4) is 0 Å². The SMILES string of the molecule is CCCOc1ccc(C2Nc3ccccc3NC3=C2C(=O)CC(c2cc(OC)c(OC)c(OC)c2)C3)cc1. The Morgan fingerprint density at radius 3 is 2.16 bits per heavy atom. The van der Waals surface area contributed by atoms with Crippen LogP contribution >= 0.6 is 0 Å². The van der Waals surface area contributed by atoms with Crippen LogP contribution < -0.4 is 29.6 Å². The van der Waals surface area contributed by atoms with Gasteiger partial charge in [0.1, 0.15) is 5.75 Å². The van der Waals surface area contributed by atoms with E-state index in [1.54, 1.807) is 21.3 Å². The zero-order valence-electron chi connectivity index (χ0n) is 22.3. The smallest absolute Gasteiger partial charge is 0.203 e. The van der Waals surface area contributed by atoms with Gasteiger partial charge >= 0.3 is 0 Å². The molecule has 1 aliphatic heterocycles. The monoisotopic (exact) mass is 514 g/mol. The molecular weight excluding hydrogens is 480 g/mol. The maximum absolute atomic E-state index is 13.9. The zero-order chi connectivity index (χ0) is 26.6. The summed E-state index contributed by atoms with van der Waals surface area (Å²) in [6.07, 6.45) is 2.00. The number of allylic oxidation sites excluding steroid dienone is 1. The van der Waals surface area contributed by atoms with E-state index in [-0.39, 0.29) is 17.7 Å². The van der Waals surface area contributed by atoms with Gasteiger partial charge in [0.05, 0.1) is 45.4 Å². The number of para-hydroxylation sites is 2. The first-order valence-electron chi connectivity index (χ1n) is 13.0. The molecule has 2 atom stereocenters. The summed E-state index contributed by atoms with van der Waals surface area (Å²) < 4.78 is 22.4. The van der Waals surface area contributed by atoms with Gasteiger partial charge in [0.2, 0.25) is 5.75 Å². The number of Topliss-reactive ketones (excluding diaryl/α,β-unsaturated/α-hetero) is 1. The number of rotatable bonds is 8. The average molecular weight is 515 g/mol. The van der Waals surface area contributed by atoms with E-state index in [2.05, 4.69) is 17.6 Å². The fourth-order valence-corrected chi connectivity index (χ4v) is 5.29. The van der Waals surface area contributed by atoms with Gasteiger partial charge in [-0.1, -0.05) is 31.2 Å². The highest BCUT2D eigenvalue weighted by atomic mass is 16.5. The molecule has 3 aromatic rings. The number of carbonyl (C=O) groups is 1. The number of hydrogen-bond donors (Lipinski definition) is 2. The van der Waals surface area contributed by atoms with Gasteiger partial charge in [-0.05, 0) is 66.3 Å². The summed E-state index contributed by atoms with van der Waals surface area (Å²) in [4.78, 5) is 13.9. The summed E-state index contributed by atoms with van der Waals surface area (Å²) in [7, 11) is 4.79. The lowest BCUT2D eigenvalue weighted by Gasteiger charge is -2.30. The number of fused-ring (bicyclic) bond motifs is 1. The zero-order valence-corrected chi connectivity index (χ0v) is 22.3. The van der Waals surface area contributed by atoms with Crippen molar-refractivity contribution < 1.29 is 23.7 Å². The number of ketones is 1. The van der Waals surface area contributed by atoms with Gasteiger partial charge in [-0.25, -0.2) is 0 Å². The number of anilines is 2. The largest absolute Gasteiger partial charge is 0.494 e. The van der Waals surface area contributed by atoms with E-state index in [1.165, 1.54) is 0 Å². The van der Waals surface area contributed by atoms with Crippen LogP contribution in [0.15, 0.2) is 71.9 Å². The molecule has 2 unspecified atom stereocenters. The number of hydrogen-bond acceptors (Lipinski definition) is 7. The Morgan fingerprint density at radius 2 is 1.53 bits per heavy atom. The fourth-order valence-electron chi connectivity index (χ4n) is 5.29. The third kappa shape index (κ3) is 4.88. The Kier molecular flexibility index (Phi) is 7.45. The first-order valence-corrected chi connectivity index (χ1v) is 13.0. The molecule has 2 N–H and O–H groups in total. The molecule has 1 aliphatic carbocycles. The molecule has 0 saturated heterocycles. The highest BCUT2D eigenvalue weighted by molar-refractivity contribution is 6.01. The quantitative estimate of drug-likeness (QED) is 0.356. The van der Waals surface area contributed by atoms with Gasteiger partial charge in [-0.3, -0.25) is 4.79 Å². The molecule has 198 valence electrons. The van der Waals surface area contributed by atoms with E-state index in [9.17, 15) is 4.79 Å². The molecule has 0 bridgehead atoms. The number of carbonyl (C=O) groups excluding carboxylic acids is 1. The third-order valence-corrected chi connectivity index (χ3v) is 7.15. The van der Waals surface area contributed by atoms with Crippen LogP contribution in [0.4, 0.5) is 11.4 Å². The maximum Gasteiger partial charge on any atom is 0.203 e. The topological polar surface area (TPSA) is 78.1 Å². The van der Waals surface area contributed by atoms with E-state index in [0.29, 0.717) is 36.7 Å². The van der Waals surface area contributed by atoms with Crippen molar-refractivity contribution in [2.75, 3.05) is 38.6 Å². The van der Waals surface area contributed by atoms with Crippen LogP contribution in [-0.2, 0) is 4.79 Å². The molecular formula is C31H34N2O5. The average Bonchev–Trinajstić information content (AvgIpc) is 3.12. The van der Waals surface area contributed by atoms with Crippen molar-refractivity contribution in [3.05, 3.63) is 83.1 Å². The Balaban J connectivity index is 1.55. The molecule has 3 aromatic carbocycles. The molecule has 5 rings (SSSR count). The Morgan fingerprint density at radius 1 is 0.842 bits per heavy atom. The summed E-state index contributed by atoms with van der Waals surface area (Å²) in [5, 5.41) is 7.23. The Hall–Kier alpha value is -4.13. The molecule has 1 heterocycles. The number of ether oxygens (including phenoxy) is 4. The summed E-state index contributed by atoms with van der Waals surface area (Å²) in [5.41, 5.74) is 5.58. The van der Waals surface area contributed by atoms with Crippen LogP contribution in [0.25, 0.3) is 0 Å². The molecule has 38 heavy (non-hydrogen) atoms. The molecule has 0 spiro atoms. The van der Waals surface area contributed by atoms with Crippen molar-refractivity contribution >= 4 is 17.2 Å². The normalized spacial score (nSPS) is 18.4. The first kappa shape index (κ1) is 25.5. The Labute approximate surface area is 223 Å². The molecule has 0 saturated carbocycles. The van der Waals surface area contributed by atoms with Gasteiger partial charge in [0.25, 0.3) is 0 Å². The van der Waals surface area contributed by atoms with Gasteiger partial charge in [-0.15, -0.1) is 0 Å². The van der Waals surface area contributed by atoms with Gasteiger partial charge in [0, 0.05) is 17.7 Å². The second-order valence-electron chi connectivity index (χ2n) is 9.54. The van der Waals surface area contributed by atoms with Crippen LogP contribution in [0.5, 0.6) is 23.0 Å². The van der Waals surface area contributed by atoms with E-state index >= 15 is 0 Å². The van der Waals surface area contributed by atoms with E-state index < -0.39 is 0 Å². The van der Waals surface area contributed by atoms with Crippen LogP contribution in [0.2, 0.25) is 0 Å². The van der Waals surface area contributed by atoms with Crippen molar-refractivity contribution in [1.29, 1.82) is 0 Å². The molecule has 7 heteroatoms. The summed E-state index contributed by atoms with van der Waals surface area (Å²) >= 11 is 0. The summed E-state index contributed by atoms with van der Waals surface area (Å²) in [6, 6.07) is 19.7. The van der Waals surface area contributed by atoms with Gasteiger partial charge < -0.3 is 29.6 Å². The standard InChI is InChI=1S/C31H34N2O5/c1-5-14-38-22-12-10-19(11-13-22)30-29-25(32-23-8-6-7-9-24(23)33-30)15-20(16-26(29)34)21-17-27(35-2)31(37-4)28(18-21)36-3/h6-13,17-18,20,30,32-33H,5,14-16H2,1-4H3. The fraction of sp³-hybridized carbons (Fsp3) is 0.323. The highest BCUT2D eigenvalue weighted by Gasteiger charge is 2.36.